The van der Waals surface area contributed by atoms with Crippen molar-refractivity contribution in [3.63, 3.8) is 0 Å². The van der Waals surface area contributed by atoms with E-state index in [-0.39, 0.29) is 12.2 Å². The minimum atomic E-state index is 0.141. The van der Waals surface area contributed by atoms with E-state index in [4.69, 9.17) is 21.1 Å². The van der Waals surface area contributed by atoms with Gasteiger partial charge in [0.1, 0.15) is 5.75 Å². The predicted octanol–water partition coefficient (Wildman–Crippen LogP) is 4.70. The van der Waals surface area contributed by atoms with Gasteiger partial charge < -0.3 is 9.47 Å². The van der Waals surface area contributed by atoms with E-state index < -0.39 is 0 Å². The molecule has 0 aliphatic rings. The molecular weight excluding hydrogens is 248 g/mol. The summed E-state index contributed by atoms with van der Waals surface area (Å²) < 4.78 is 11.5. The third kappa shape index (κ3) is 6.27. The van der Waals surface area contributed by atoms with E-state index >= 15 is 0 Å². The Morgan fingerprint density at radius 2 is 1.78 bits per heavy atom. The number of benzene rings is 1. The van der Waals surface area contributed by atoms with E-state index in [1.165, 1.54) is 6.42 Å². The molecule has 0 aromatic heterocycles. The maximum absolute atomic E-state index is 5.83. The van der Waals surface area contributed by atoms with E-state index in [0.29, 0.717) is 0 Å². The van der Waals surface area contributed by atoms with Crippen molar-refractivity contribution >= 4 is 11.6 Å². The molecule has 0 saturated carbocycles. The highest BCUT2D eigenvalue weighted by Gasteiger charge is 2.10. The molecule has 0 heterocycles. The SMILES string of the molecule is CCCCOC(C)CC(C)Oc1ccc(Cl)cc1. The van der Waals surface area contributed by atoms with Crippen LogP contribution in [0.4, 0.5) is 0 Å². The summed E-state index contributed by atoms with van der Waals surface area (Å²) in [6.45, 7) is 7.16. The average Bonchev–Trinajstić information content (AvgIpc) is 2.32. The second kappa shape index (κ2) is 8.39. The van der Waals surface area contributed by atoms with Crippen molar-refractivity contribution < 1.29 is 9.47 Å². The Morgan fingerprint density at radius 1 is 1.11 bits per heavy atom. The Kier molecular flexibility index (Phi) is 7.14. The summed E-state index contributed by atoms with van der Waals surface area (Å²) in [7, 11) is 0. The van der Waals surface area contributed by atoms with E-state index in [9.17, 15) is 0 Å². The molecule has 0 saturated heterocycles. The van der Waals surface area contributed by atoms with Gasteiger partial charge in [-0.2, -0.15) is 0 Å². The molecule has 0 radical (unpaired) electrons. The van der Waals surface area contributed by atoms with Gasteiger partial charge in [-0.1, -0.05) is 24.9 Å². The summed E-state index contributed by atoms with van der Waals surface area (Å²) in [5.74, 6) is 0.854. The van der Waals surface area contributed by atoms with Crippen molar-refractivity contribution in [2.75, 3.05) is 6.61 Å². The van der Waals surface area contributed by atoms with E-state index in [1.54, 1.807) is 0 Å². The van der Waals surface area contributed by atoms with Crippen LogP contribution in [0.2, 0.25) is 5.02 Å². The van der Waals surface area contributed by atoms with Crippen LogP contribution in [0, 0.1) is 0 Å². The second-order valence-corrected chi connectivity index (χ2v) is 5.09. The predicted molar refractivity (Wildman–Crippen MR) is 76.5 cm³/mol. The number of hydrogen-bond donors (Lipinski definition) is 0. The van der Waals surface area contributed by atoms with Gasteiger partial charge in [-0.05, 0) is 44.5 Å². The Morgan fingerprint density at radius 3 is 2.39 bits per heavy atom. The quantitative estimate of drug-likeness (QED) is 0.637. The molecule has 2 unspecified atom stereocenters. The maximum atomic E-state index is 5.83. The van der Waals surface area contributed by atoms with Gasteiger partial charge in [0.15, 0.2) is 0 Å². The zero-order valence-corrected chi connectivity index (χ0v) is 12.2. The van der Waals surface area contributed by atoms with Gasteiger partial charge in [-0.3, -0.25) is 0 Å². The van der Waals surface area contributed by atoms with E-state index in [2.05, 4.69) is 20.8 Å². The fourth-order valence-electron chi connectivity index (χ4n) is 1.76. The third-order valence-electron chi connectivity index (χ3n) is 2.72. The molecule has 18 heavy (non-hydrogen) atoms. The normalized spacial score (nSPS) is 14.2. The smallest absolute Gasteiger partial charge is 0.119 e. The molecule has 1 aromatic rings. The minimum Gasteiger partial charge on any atom is -0.491 e. The lowest BCUT2D eigenvalue weighted by molar-refractivity contribution is 0.0334. The number of hydrogen-bond acceptors (Lipinski definition) is 2. The highest BCUT2D eigenvalue weighted by Crippen LogP contribution is 2.18. The molecule has 3 heteroatoms. The first-order chi connectivity index (χ1) is 8.61. The van der Waals surface area contributed by atoms with Gasteiger partial charge in [0, 0.05) is 18.1 Å². The first kappa shape index (κ1) is 15.3. The van der Waals surface area contributed by atoms with Crippen molar-refractivity contribution in [2.24, 2.45) is 0 Å². The Labute approximate surface area is 115 Å². The molecule has 1 aromatic carbocycles. The highest BCUT2D eigenvalue weighted by atomic mass is 35.5. The van der Waals surface area contributed by atoms with Crippen LogP contribution in [0.25, 0.3) is 0 Å². The van der Waals surface area contributed by atoms with Gasteiger partial charge in [0.2, 0.25) is 0 Å². The van der Waals surface area contributed by atoms with Gasteiger partial charge in [-0.15, -0.1) is 0 Å². The standard InChI is InChI=1S/C15H23ClO2/c1-4-5-10-17-12(2)11-13(3)18-15-8-6-14(16)7-9-15/h6-9,12-13H,4-5,10-11H2,1-3H3. The summed E-state index contributed by atoms with van der Waals surface area (Å²) in [4.78, 5) is 0. The molecule has 0 fully saturated rings. The van der Waals surface area contributed by atoms with Crippen LogP contribution in [0.15, 0.2) is 24.3 Å². The van der Waals surface area contributed by atoms with Crippen molar-refractivity contribution in [3.8, 4) is 5.75 Å². The molecule has 2 atom stereocenters. The molecule has 0 spiro atoms. The van der Waals surface area contributed by atoms with Crippen molar-refractivity contribution in [2.45, 2.75) is 52.2 Å². The van der Waals surface area contributed by atoms with Crippen molar-refractivity contribution in [3.05, 3.63) is 29.3 Å². The van der Waals surface area contributed by atoms with E-state index in [1.807, 2.05) is 24.3 Å². The van der Waals surface area contributed by atoms with Crippen LogP contribution in [0.5, 0.6) is 5.75 Å². The number of halogens is 1. The maximum Gasteiger partial charge on any atom is 0.119 e. The molecule has 0 aliphatic heterocycles. The molecule has 0 aliphatic carbocycles. The zero-order valence-electron chi connectivity index (χ0n) is 11.5. The monoisotopic (exact) mass is 270 g/mol. The van der Waals surface area contributed by atoms with Gasteiger partial charge in [-0.25, -0.2) is 0 Å². The molecule has 0 bridgehead atoms. The molecule has 2 nitrogen and oxygen atoms in total. The van der Waals surface area contributed by atoms with Crippen molar-refractivity contribution in [1.82, 2.24) is 0 Å². The molecule has 102 valence electrons. The zero-order chi connectivity index (χ0) is 13.4. The molecule has 0 amide bonds. The molecule has 0 N–H and O–H groups in total. The van der Waals surface area contributed by atoms with E-state index in [0.717, 1.165) is 30.2 Å². The second-order valence-electron chi connectivity index (χ2n) is 4.65. The number of rotatable bonds is 8. The summed E-state index contributed by atoms with van der Waals surface area (Å²) >= 11 is 5.83. The lowest BCUT2D eigenvalue weighted by Crippen LogP contribution is -2.21. The first-order valence-corrected chi connectivity index (χ1v) is 7.03. The van der Waals surface area contributed by atoms with Crippen LogP contribution in [0.1, 0.15) is 40.0 Å². The Balaban J connectivity index is 2.27. The molecular formula is C15H23ClO2. The fourth-order valence-corrected chi connectivity index (χ4v) is 1.88. The van der Waals surface area contributed by atoms with Crippen LogP contribution in [-0.2, 0) is 4.74 Å². The largest absolute Gasteiger partial charge is 0.491 e. The van der Waals surface area contributed by atoms with Crippen LogP contribution < -0.4 is 4.74 Å². The first-order valence-electron chi connectivity index (χ1n) is 6.65. The number of ether oxygens (including phenoxy) is 2. The van der Waals surface area contributed by atoms with Gasteiger partial charge in [0.05, 0.1) is 12.2 Å². The highest BCUT2D eigenvalue weighted by molar-refractivity contribution is 6.30. The summed E-state index contributed by atoms with van der Waals surface area (Å²) in [6, 6.07) is 7.46. The summed E-state index contributed by atoms with van der Waals surface area (Å²) in [5.41, 5.74) is 0. The van der Waals surface area contributed by atoms with Crippen LogP contribution in [-0.4, -0.2) is 18.8 Å². The van der Waals surface area contributed by atoms with Crippen LogP contribution >= 0.6 is 11.6 Å². The summed E-state index contributed by atoms with van der Waals surface area (Å²) in [6.07, 6.45) is 3.56. The Bertz CT molecular complexity index is 324. The Hall–Kier alpha value is -0.730. The van der Waals surface area contributed by atoms with Gasteiger partial charge >= 0.3 is 0 Å². The minimum absolute atomic E-state index is 0.141. The third-order valence-corrected chi connectivity index (χ3v) is 2.97. The lowest BCUT2D eigenvalue weighted by atomic mass is 10.2. The van der Waals surface area contributed by atoms with Gasteiger partial charge in [0.25, 0.3) is 0 Å². The topological polar surface area (TPSA) is 18.5 Å². The fraction of sp³-hybridized carbons (Fsp3) is 0.600. The number of unbranched alkanes of at least 4 members (excludes halogenated alkanes) is 1. The average molecular weight is 271 g/mol. The van der Waals surface area contributed by atoms with Crippen molar-refractivity contribution in [1.29, 1.82) is 0 Å². The lowest BCUT2D eigenvalue weighted by Gasteiger charge is -2.19. The summed E-state index contributed by atoms with van der Waals surface area (Å²) in [5, 5.41) is 0.728. The van der Waals surface area contributed by atoms with Crippen LogP contribution in [0.3, 0.4) is 0 Å². The molecule has 1 rings (SSSR count).